The number of carbonyl (C=O) groups excluding carboxylic acids is 1. The molecule has 4 nitrogen and oxygen atoms in total. The van der Waals surface area contributed by atoms with Crippen molar-refractivity contribution in [2.24, 2.45) is 23.2 Å². The molecule has 0 aromatic rings. The number of allylic oxidation sites excluding steroid dienone is 1. The molecule has 1 N–H and O–H groups in total. The SMILES string of the molecule is CCN(CC)CCNC[C@@H]1C(=O)O[C@H]2C[C@]3(C)CCC[C@@H](C)C3=C[C@@H]21. The molecule has 3 aliphatic rings. The van der Waals surface area contributed by atoms with Crippen molar-refractivity contribution in [3.8, 4) is 0 Å². The highest BCUT2D eigenvalue weighted by Crippen LogP contribution is 2.53. The Bertz CT molecular complexity index is 514. The van der Waals surface area contributed by atoms with Gasteiger partial charge in [-0.15, -0.1) is 0 Å². The van der Waals surface area contributed by atoms with Crippen molar-refractivity contribution in [1.82, 2.24) is 10.2 Å². The summed E-state index contributed by atoms with van der Waals surface area (Å²) in [7, 11) is 0. The molecule has 1 saturated heterocycles. The average molecular weight is 349 g/mol. The second-order valence-corrected chi connectivity index (χ2v) is 8.57. The second-order valence-electron chi connectivity index (χ2n) is 8.57. The topological polar surface area (TPSA) is 41.6 Å². The number of ether oxygens (including phenoxy) is 1. The van der Waals surface area contributed by atoms with Crippen LogP contribution in [0.5, 0.6) is 0 Å². The molecule has 0 aromatic carbocycles. The Labute approximate surface area is 153 Å². The molecule has 2 aliphatic carbocycles. The second kappa shape index (κ2) is 7.79. The number of nitrogens with zero attached hydrogens (tertiary/aromatic N) is 1. The van der Waals surface area contributed by atoms with Crippen LogP contribution in [0.3, 0.4) is 0 Å². The Morgan fingerprint density at radius 3 is 2.84 bits per heavy atom. The molecule has 0 amide bonds. The van der Waals surface area contributed by atoms with Crippen LogP contribution in [0.1, 0.15) is 53.4 Å². The highest BCUT2D eigenvalue weighted by Gasteiger charge is 2.51. The summed E-state index contributed by atoms with van der Waals surface area (Å²) >= 11 is 0. The third-order valence-electron chi connectivity index (χ3n) is 6.94. The van der Waals surface area contributed by atoms with Crippen LogP contribution in [0.2, 0.25) is 0 Å². The Morgan fingerprint density at radius 2 is 2.12 bits per heavy atom. The zero-order valence-corrected chi connectivity index (χ0v) is 16.5. The van der Waals surface area contributed by atoms with Gasteiger partial charge in [-0.3, -0.25) is 4.79 Å². The monoisotopic (exact) mass is 348 g/mol. The maximum absolute atomic E-state index is 12.5. The van der Waals surface area contributed by atoms with Gasteiger partial charge < -0.3 is 15.0 Å². The van der Waals surface area contributed by atoms with E-state index in [0.717, 1.165) is 39.1 Å². The fourth-order valence-electron chi connectivity index (χ4n) is 5.32. The van der Waals surface area contributed by atoms with Gasteiger partial charge in [-0.05, 0) is 43.7 Å². The van der Waals surface area contributed by atoms with Crippen molar-refractivity contribution in [3.05, 3.63) is 11.6 Å². The Kier molecular flexibility index (Phi) is 5.89. The number of esters is 1. The summed E-state index contributed by atoms with van der Waals surface area (Å²) in [6.07, 6.45) is 7.41. The highest BCUT2D eigenvalue weighted by atomic mass is 16.6. The molecule has 2 fully saturated rings. The zero-order valence-electron chi connectivity index (χ0n) is 16.5. The van der Waals surface area contributed by atoms with E-state index >= 15 is 0 Å². The van der Waals surface area contributed by atoms with Crippen LogP contribution in [-0.4, -0.2) is 49.7 Å². The summed E-state index contributed by atoms with van der Waals surface area (Å²) in [6, 6.07) is 0. The fraction of sp³-hybridized carbons (Fsp3) is 0.857. The largest absolute Gasteiger partial charge is 0.461 e. The van der Waals surface area contributed by atoms with Gasteiger partial charge in [0.25, 0.3) is 0 Å². The van der Waals surface area contributed by atoms with Crippen LogP contribution in [0, 0.1) is 23.2 Å². The van der Waals surface area contributed by atoms with Crippen molar-refractivity contribution in [1.29, 1.82) is 0 Å². The molecule has 5 atom stereocenters. The van der Waals surface area contributed by atoms with Crippen LogP contribution in [0.15, 0.2) is 11.6 Å². The summed E-state index contributed by atoms with van der Waals surface area (Å²) in [5, 5.41) is 3.51. The number of nitrogens with one attached hydrogen (secondary N) is 1. The number of fused-ring (bicyclic) bond motifs is 2. The van der Waals surface area contributed by atoms with Gasteiger partial charge in [0, 0.05) is 25.6 Å². The van der Waals surface area contributed by atoms with Crippen molar-refractivity contribution in [3.63, 3.8) is 0 Å². The van der Waals surface area contributed by atoms with Crippen LogP contribution >= 0.6 is 0 Å². The molecule has 25 heavy (non-hydrogen) atoms. The van der Waals surface area contributed by atoms with E-state index in [9.17, 15) is 4.79 Å². The average Bonchev–Trinajstić information content (AvgIpc) is 2.87. The molecule has 1 aliphatic heterocycles. The van der Waals surface area contributed by atoms with Gasteiger partial charge in [-0.2, -0.15) is 0 Å². The lowest BCUT2D eigenvalue weighted by Gasteiger charge is -2.46. The first kappa shape index (κ1) is 18.9. The predicted octanol–water partition coefficient (Wildman–Crippen LogP) is 3.23. The van der Waals surface area contributed by atoms with Gasteiger partial charge in [-0.1, -0.05) is 45.8 Å². The minimum Gasteiger partial charge on any atom is -0.461 e. The first-order chi connectivity index (χ1) is 12.0. The first-order valence-electron chi connectivity index (χ1n) is 10.3. The molecule has 0 unspecified atom stereocenters. The molecular weight excluding hydrogens is 312 g/mol. The van der Waals surface area contributed by atoms with E-state index < -0.39 is 0 Å². The maximum Gasteiger partial charge on any atom is 0.311 e. The number of rotatable bonds is 7. The van der Waals surface area contributed by atoms with Crippen LogP contribution < -0.4 is 5.32 Å². The molecule has 142 valence electrons. The van der Waals surface area contributed by atoms with Gasteiger partial charge in [-0.25, -0.2) is 0 Å². The Hall–Kier alpha value is -0.870. The van der Waals surface area contributed by atoms with E-state index in [1.165, 1.54) is 19.3 Å². The molecule has 0 aromatic heterocycles. The van der Waals surface area contributed by atoms with Crippen molar-refractivity contribution in [2.75, 3.05) is 32.7 Å². The van der Waals surface area contributed by atoms with Gasteiger partial charge in [0.2, 0.25) is 0 Å². The lowest BCUT2D eigenvalue weighted by atomic mass is 9.59. The van der Waals surface area contributed by atoms with E-state index in [-0.39, 0.29) is 29.3 Å². The quantitative estimate of drug-likeness (QED) is 0.436. The highest BCUT2D eigenvalue weighted by molar-refractivity contribution is 5.76. The molecule has 4 heteroatoms. The lowest BCUT2D eigenvalue weighted by Crippen LogP contribution is -2.41. The van der Waals surface area contributed by atoms with Crippen LogP contribution in [0.4, 0.5) is 0 Å². The van der Waals surface area contributed by atoms with E-state index in [1.54, 1.807) is 5.57 Å². The molecule has 0 spiro atoms. The molecule has 0 bridgehead atoms. The molecule has 3 rings (SSSR count). The van der Waals surface area contributed by atoms with Gasteiger partial charge >= 0.3 is 5.97 Å². The normalized spacial score (nSPS) is 37.5. The van der Waals surface area contributed by atoms with E-state index in [4.69, 9.17) is 4.74 Å². The number of hydrogen-bond acceptors (Lipinski definition) is 4. The van der Waals surface area contributed by atoms with Gasteiger partial charge in [0.1, 0.15) is 6.10 Å². The predicted molar refractivity (Wildman–Crippen MR) is 101 cm³/mol. The van der Waals surface area contributed by atoms with E-state index in [1.807, 2.05) is 0 Å². The Morgan fingerprint density at radius 1 is 1.36 bits per heavy atom. The number of hydrogen-bond donors (Lipinski definition) is 1. The summed E-state index contributed by atoms with van der Waals surface area (Å²) < 4.78 is 5.81. The van der Waals surface area contributed by atoms with Crippen molar-refractivity contribution >= 4 is 5.97 Å². The van der Waals surface area contributed by atoms with E-state index in [2.05, 4.69) is 44.0 Å². The standard InChI is InChI=1S/C21H36N2O2/c1-5-23(6-2)11-10-22-14-17-16-12-18-15(3)8-7-9-21(18,4)13-19(16)25-20(17)24/h12,15-17,19,22H,5-11,13-14H2,1-4H3/t15-,16-,17+,19+,21+/m1/s1. The number of carbonyl (C=O) groups is 1. The summed E-state index contributed by atoms with van der Waals surface area (Å²) in [5.41, 5.74) is 1.86. The molecule has 1 saturated carbocycles. The summed E-state index contributed by atoms with van der Waals surface area (Å²) in [4.78, 5) is 14.9. The molecular formula is C21H36N2O2. The minimum atomic E-state index is -0.00659. The van der Waals surface area contributed by atoms with Crippen molar-refractivity contribution < 1.29 is 9.53 Å². The van der Waals surface area contributed by atoms with Crippen molar-refractivity contribution in [2.45, 2.75) is 59.5 Å². The fourth-order valence-corrected chi connectivity index (χ4v) is 5.32. The number of likely N-dealkylation sites (N-methyl/N-ethyl adjacent to an activating group) is 1. The van der Waals surface area contributed by atoms with E-state index in [0.29, 0.717) is 5.92 Å². The molecule has 0 radical (unpaired) electrons. The third-order valence-corrected chi connectivity index (χ3v) is 6.94. The smallest absolute Gasteiger partial charge is 0.311 e. The van der Waals surface area contributed by atoms with Gasteiger partial charge in [0.05, 0.1) is 5.92 Å². The zero-order chi connectivity index (χ0) is 18.0. The van der Waals surface area contributed by atoms with Crippen LogP contribution in [-0.2, 0) is 9.53 Å². The van der Waals surface area contributed by atoms with Crippen LogP contribution in [0.25, 0.3) is 0 Å². The first-order valence-corrected chi connectivity index (χ1v) is 10.3. The Balaban J connectivity index is 1.63. The third kappa shape index (κ3) is 3.80. The summed E-state index contributed by atoms with van der Waals surface area (Å²) in [5.74, 6) is 0.939. The maximum atomic E-state index is 12.5. The van der Waals surface area contributed by atoms with Gasteiger partial charge in [0.15, 0.2) is 0 Å². The molecule has 1 heterocycles. The minimum absolute atomic E-state index is 0.00659. The summed E-state index contributed by atoms with van der Waals surface area (Å²) in [6.45, 7) is 14.0. The lowest BCUT2D eigenvalue weighted by molar-refractivity contribution is -0.145.